The Bertz CT molecular complexity index is 993. The molecule has 4 saturated carbocycles. The monoisotopic (exact) mass is 297 g/mol. The third-order valence-electron chi connectivity index (χ3n) is 7.85. The van der Waals surface area contributed by atoms with Crippen LogP contribution < -0.4 is 11.4 Å². The summed E-state index contributed by atoms with van der Waals surface area (Å²) in [5.41, 5.74) is -0.197. The van der Waals surface area contributed by atoms with Crippen molar-refractivity contribution in [2.75, 3.05) is 7.11 Å². The van der Waals surface area contributed by atoms with E-state index < -0.39 is 0 Å². The fourth-order valence-corrected chi connectivity index (χ4v) is 7.51. The van der Waals surface area contributed by atoms with E-state index in [2.05, 4.69) is 18.2 Å². The lowest BCUT2D eigenvalue weighted by Crippen LogP contribution is -2.52. The zero-order chi connectivity index (χ0) is 14.8. The van der Waals surface area contributed by atoms with Gasteiger partial charge < -0.3 is 4.74 Å². The molecule has 112 valence electrons. The van der Waals surface area contributed by atoms with Crippen molar-refractivity contribution in [1.82, 2.24) is 13.9 Å². The molecule has 0 aromatic carbocycles. The molecule has 0 amide bonds. The smallest absolute Gasteiger partial charge is 0.347 e. The van der Waals surface area contributed by atoms with Crippen LogP contribution in [0.5, 0.6) is 0 Å². The Morgan fingerprint density at radius 3 is 2.32 bits per heavy atom. The largest absolute Gasteiger partial charge is 0.497 e. The highest BCUT2D eigenvalue weighted by atomic mass is 16.5. The van der Waals surface area contributed by atoms with Crippen molar-refractivity contribution in [3.8, 4) is 0 Å². The molecule has 5 aliphatic carbocycles. The summed E-state index contributed by atoms with van der Waals surface area (Å²) in [4.78, 5) is 25.2. The molecule has 3 heterocycles. The first-order valence-corrected chi connectivity index (χ1v) is 7.97. The summed E-state index contributed by atoms with van der Waals surface area (Å²) in [6.07, 6.45) is 6.63. The molecular weight excluding hydrogens is 282 g/mol. The van der Waals surface area contributed by atoms with Gasteiger partial charge in [-0.15, -0.1) is 0 Å². The highest BCUT2D eigenvalue weighted by molar-refractivity contribution is 5.58. The van der Waals surface area contributed by atoms with E-state index in [-0.39, 0.29) is 34.3 Å². The number of rotatable bonds is 1. The number of allylic oxidation sites excluding steroid dienone is 3. The molecule has 7 aliphatic rings. The van der Waals surface area contributed by atoms with Crippen LogP contribution in [0.4, 0.5) is 0 Å². The second-order valence-corrected chi connectivity index (χ2v) is 7.86. The summed E-state index contributed by atoms with van der Waals surface area (Å²) in [5.74, 6) is 3.41. The Kier molecular flexibility index (Phi) is 1.20. The minimum Gasteiger partial charge on any atom is -0.497 e. The van der Waals surface area contributed by atoms with E-state index in [1.54, 1.807) is 23.5 Å². The molecule has 4 fully saturated rings. The number of nitrogens with zero attached hydrogens (tertiary/aromatic N) is 3. The summed E-state index contributed by atoms with van der Waals surface area (Å²) >= 11 is 0. The van der Waals surface area contributed by atoms with Gasteiger partial charge in [-0.2, -0.15) is 0 Å². The Morgan fingerprint density at radius 2 is 1.68 bits per heavy atom. The molecule has 8 atom stereocenters. The predicted molar refractivity (Wildman–Crippen MR) is 75.1 cm³/mol. The van der Waals surface area contributed by atoms with Gasteiger partial charge in [0.05, 0.1) is 19.2 Å². The van der Waals surface area contributed by atoms with Crippen LogP contribution in [0.1, 0.15) is 12.1 Å². The molecule has 6 nitrogen and oxygen atoms in total. The Morgan fingerprint density at radius 1 is 1.05 bits per heavy atom. The van der Waals surface area contributed by atoms with Crippen molar-refractivity contribution < 1.29 is 4.74 Å². The molecule has 2 bridgehead atoms. The molecule has 1 aromatic rings. The van der Waals surface area contributed by atoms with E-state index >= 15 is 0 Å². The van der Waals surface area contributed by atoms with Crippen LogP contribution in [0, 0.1) is 34.5 Å². The minimum absolute atomic E-state index is 0.0272. The molecular formula is C16H15N3O3. The van der Waals surface area contributed by atoms with Crippen LogP contribution in [0.3, 0.4) is 0 Å². The van der Waals surface area contributed by atoms with Gasteiger partial charge in [-0.1, -0.05) is 6.08 Å². The highest BCUT2D eigenvalue weighted by Gasteiger charge is 3.02. The summed E-state index contributed by atoms with van der Waals surface area (Å²) in [5, 5.41) is 0. The third kappa shape index (κ3) is 0.616. The maximum absolute atomic E-state index is 12.6. The van der Waals surface area contributed by atoms with Gasteiger partial charge in [0.2, 0.25) is 0 Å². The molecule has 0 unspecified atom stereocenters. The van der Waals surface area contributed by atoms with Gasteiger partial charge in [-0.05, 0) is 35.8 Å². The van der Waals surface area contributed by atoms with E-state index in [1.807, 2.05) is 0 Å². The van der Waals surface area contributed by atoms with Crippen molar-refractivity contribution in [2.24, 2.45) is 41.5 Å². The molecule has 0 N–H and O–H groups in total. The van der Waals surface area contributed by atoms with Crippen molar-refractivity contribution in [2.45, 2.75) is 12.1 Å². The van der Waals surface area contributed by atoms with Crippen molar-refractivity contribution >= 4 is 0 Å². The van der Waals surface area contributed by atoms with Crippen LogP contribution >= 0.6 is 0 Å². The fraction of sp³-hybridized carbons (Fsp3) is 0.625. The average Bonchev–Trinajstić information content (AvgIpc) is 3.31. The molecule has 0 saturated heterocycles. The SMILES string of the molecule is COC1=C[C@@]23[C@@H]4[C@H]5[C@H]6[C@H]5[C@H]2n2c(=O)n(C)c(=O)n2[C@@H]6[C@@]43C=C1. The van der Waals surface area contributed by atoms with Crippen LogP contribution in [0.2, 0.25) is 0 Å². The maximum Gasteiger partial charge on any atom is 0.347 e. The van der Waals surface area contributed by atoms with E-state index in [1.165, 1.54) is 4.57 Å². The zero-order valence-electron chi connectivity index (χ0n) is 12.3. The average molecular weight is 297 g/mol. The van der Waals surface area contributed by atoms with Gasteiger partial charge >= 0.3 is 11.4 Å². The van der Waals surface area contributed by atoms with Gasteiger partial charge in [0.25, 0.3) is 0 Å². The molecule has 22 heavy (non-hydrogen) atoms. The standard InChI is InChI=1S/C16H15N3O3/c1-17-13(20)18-11-8-7-9(8)12(19(18)14(17)21)16-5-6(22-2)3-4-15(11,16)10(7)16/h3-5,7-12H,1-2H3/t7-,8-,9-,10+,11-,12+,15+,16+/m0/s1. The first kappa shape index (κ1) is 10.7. The molecule has 1 aromatic heterocycles. The molecule has 2 aliphatic heterocycles. The number of aromatic nitrogens is 3. The summed E-state index contributed by atoms with van der Waals surface area (Å²) in [6.45, 7) is 0. The van der Waals surface area contributed by atoms with Crippen molar-refractivity contribution in [1.29, 1.82) is 0 Å². The van der Waals surface area contributed by atoms with E-state index in [9.17, 15) is 9.59 Å². The lowest BCUT2D eigenvalue weighted by atomic mass is 9.69. The summed E-state index contributed by atoms with van der Waals surface area (Å²) in [7, 11) is 3.29. The Labute approximate surface area is 125 Å². The van der Waals surface area contributed by atoms with E-state index in [0.717, 1.165) is 5.76 Å². The van der Waals surface area contributed by atoms with Gasteiger partial charge in [-0.25, -0.2) is 23.5 Å². The first-order chi connectivity index (χ1) is 10.6. The predicted octanol–water partition coefficient (Wildman–Crippen LogP) is 0.0364. The van der Waals surface area contributed by atoms with Gasteiger partial charge in [0, 0.05) is 17.9 Å². The fourth-order valence-electron chi connectivity index (χ4n) is 7.51. The molecule has 0 radical (unpaired) electrons. The lowest BCUT2D eigenvalue weighted by molar-refractivity contribution is 0.0417. The van der Waals surface area contributed by atoms with E-state index in [0.29, 0.717) is 23.7 Å². The number of hydrogen-bond acceptors (Lipinski definition) is 3. The maximum atomic E-state index is 12.6. The number of methoxy groups -OCH3 is 1. The van der Waals surface area contributed by atoms with Crippen LogP contribution in [0.15, 0.2) is 33.6 Å². The lowest BCUT2D eigenvalue weighted by Gasteiger charge is -2.47. The van der Waals surface area contributed by atoms with Crippen molar-refractivity contribution in [3.05, 3.63) is 45.0 Å². The Balaban J connectivity index is 1.64. The number of hydrogen-bond donors (Lipinski definition) is 0. The second-order valence-electron chi connectivity index (χ2n) is 7.86. The summed E-state index contributed by atoms with van der Waals surface area (Å²) in [6, 6.07) is 0.318. The van der Waals surface area contributed by atoms with Crippen LogP contribution in [-0.4, -0.2) is 21.0 Å². The van der Waals surface area contributed by atoms with Gasteiger partial charge in [0.15, 0.2) is 0 Å². The van der Waals surface area contributed by atoms with E-state index in [4.69, 9.17) is 4.74 Å². The van der Waals surface area contributed by atoms with Gasteiger partial charge in [0.1, 0.15) is 5.76 Å². The van der Waals surface area contributed by atoms with Gasteiger partial charge in [-0.3, -0.25) is 0 Å². The summed E-state index contributed by atoms with van der Waals surface area (Å²) < 4.78 is 10.3. The highest BCUT2D eigenvalue weighted by Crippen LogP contribution is 3.03. The van der Waals surface area contributed by atoms with Crippen LogP contribution in [-0.2, 0) is 11.8 Å². The van der Waals surface area contributed by atoms with Crippen LogP contribution in [0.25, 0.3) is 0 Å². The van der Waals surface area contributed by atoms with Crippen molar-refractivity contribution in [3.63, 3.8) is 0 Å². The second kappa shape index (κ2) is 2.47. The minimum atomic E-state index is -0.151. The Hall–Kier alpha value is -1.98. The topological polar surface area (TPSA) is 58.2 Å². The normalized spacial score (nSPS) is 55.6. The third-order valence-corrected chi connectivity index (χ3v) is 7.85. The molecule has 6 heteroatoms. The zero-order valence-corrected chi connectivity index (χ0v) is 12.3. The number of ether oxygens (including phenoxy) is 1. The first-order valence-electron chi connectivity index (χ1n) is 7.97. The molecule has 8 rings (SSSR count). The quantitative estimate of drug-likeness (QED) is 0.735. The molecule has 2 spiro atoms.